The number of hydrogen-bond acceptors (Lipinski definition) is 4. The van der Waals surface area contributed by atoms with Crippen molar-refractivity contribution < 1.29 is 13.9 Å². The molecule has 30 heavy (non-hydrogen) atoms. The summed E-state index contributed by atoms with van der Waals surface area (Å²) in [6.45, 7) is -0.0240. The Hall–Kier alpha value is -3.69. The quantitative estimate of drug-likeness (QED) is 0.439. The molecule has 7 heteroatoms. The number of amides is 1. The van der Waals surface area contributed by atoms with Gasteiger partial charge in [0.2, 0.25) is 0 Å². The Kier molecular flexibility index (Phi) is 7.14. The lowest BCUT2D eigenvalue weighted by Crippen LogP contribution is -2.24. The van der Waals surface area contributed by atoms with E-state index in [2.05, 4.69) is 10.5 Å². The van der Waals surface area contributed by atoms with E-state index >= 15 is 0 Å². The first kappa shape index (κ1) is 21.0. The van der Waals surface area contributed by atoms with Gasteiger partial charge in [-0.05, 0) is 35.4 Å². The van der Waals surface area contributed by atoms with Crippen LogP contribution in [0.4, 0.5) is 4.39 Å². The molecule has 3 aromatic rings. The van der Waals surface area contributed by atoms with E-state index in [9.17, 15) is 14.4 Å². The fourth-order valence-electron chi connectivity index (χ4n) is 2.68. The molecule has 3 aromatic carbocycles. The van der Waals surface area contributed by atoms with Gasteiger partial charge in [0.25, 0.3) is 5.91 Å². The summed E-state index contributed by atoms with van der Waals surface area (Å²) >= 11 is 6.00. The van der Waals surface area contributed by atoms with Gasteiger partial charge in [0.1, 0.15) is 18.2 Å². The molecular weight excluding hydrogens is 405 g/mol. The fourth-order valence-corrected chi connectivity index (χ4v) is 2.89. The van der Waals surface area contributed by atoms with Crippen molar-refractivity contribution in [1.82, 2.24) is 5.43 Å². The summed E-state index contributed by atoms with van der Waals surface area (Å²) in [6.07, 6.45) is 1.43. The zero-order valence-corrected chi connectivity index (χ0v) is 16.5. The van der Waals surface area contributed by atoms with Crippen molar-refractivity contribution in [2.45, 2.75) is 12.5 Å². The van der Waals surface area contributed by atoms with Gasteiger partial charge in [0, 0.05) is 5.56 Å². The monoisotopic (exact) mass is 421 g/mol. The van der Waals surface area contributed by atoms with Crippen molar-refractivity contribution in [3.8, 4) is 11.8 Å². The third-order valence-electron chi connectivity index (χ3n) is 4.22. The SMILES string of the molecule is N#C[C@H](C(=O)N/N=C\c1cccc(OCc2c(F)cccc2Cl)c1)c1ccccc1. The molecule has 0 radical (unpaired) electrons. The molecular formula is C23H17ClFN3O2. The lowest BCUT2D eigenvalue weighted by Gasteiger charge is -2.09. The molecule has 0 saturated heterocycles. The normalized spacial score (nSPS) is 11.6. The van der Waals surface area contributed by atoms with Crippen LogP contribution >= 0.6 is 11.6 Å². The van der Waals surface area contributed by atoms with E-state index in [0.717, 1.165) is 0 Å². The molecule has 0 aliphatic rings. The van der Waals surface area contributed by atoms with Gasteiger partial charge in [0.05, 0.1) is 17.3 Å². The summed E-state index contributed by atoms with van der Waals surface area (Å²) in [7, 11) is 0. The van der Waals surface area contributed by atoms with Crippen LogP contribution in [0, 0.1) is 17.1 Å². The number of hydrazone groups is 1. The maximum absolute atomic E-state index is 13.8. The van der Waals surface area contributed by atoms with Gasteiger partial charge < -0.3 is 4.74 Å². The number of benzene rings is 3. The van der Waals surface area contributed by atoms with Crippen LogP contribution in [-0.4, -0.2) is 12.1 Å². The van der Waals surface area contributed by atoms with E-state index in [1.807, 2.05) is 12.1 Å². The number of carbonyl (C=O) groups excluding carboxylic acids is 1. The van der Waals surface area contributed by atoms with Gasteiger partial charge in [-0.1, -0.05) is 60.1 Å². The first-order valence-corrected chi connectivity index (χ1v) is 9.39. The number of ether oxygens (including phenoxy) is 1. The molecule has 1 amide bonds. The third-order valence-corrected chi connectivity index (χ3v) is 4.57. The summed E-state index contributed by atoms with van der Waals surface area (Å²) in [6, 6.07) is 22.1. The molecule has 1 atom stereocenters. The Balaban J connectivity index is 1.61. The first-order valence-electron chi connectivity index (χ1n) is 9.01. The topological polar surface area (TPSA) is 74.5 Å². The van der Waals surface area contributed by atoms with Crippen molar-refractivity contribution >= 4 is 23.7 Å². The summed E-state index contributed by atoms with van der Waals surface area (Å²) in [5.41, 5.74) is 3.89. The van der Waals surface area contributed by atoms with Gasteiger partial charge in [-0.2, -0.15) is 10.4 Å². The number of carbonyl (C=O) groups is 1. The summed E-state index contributed by atoms with van der Waals surface area (Å²) in [4.78, 5) is 12.2. The first-order chi connectivity index (χ1) is 14.6. The van der Waals surface area contributed by atoms with E-state index in [1.54, 1.807) is 54.6 Å². The molecule has 1 N–H and O–H groups in total. The molecule has 0 aromatic heterocycles. The van der Waals surface area contributed by atoms with Crippen molar-refractivity contribution in [1.29, 1.82) is 5.26 Å². The van der Waals surface area contributed by atoms with Gasteiger partial charge >= 0.3 is 0 Å². The minimum atomic E-state index is -0.955. The molecule has 0 aliphatic heterocycles. The predicted octanol–water partition coefficient (Wildman–Crippen LogP) is 4.82. The highest BCUT2D eigenvalue weighted by molar-refractivity contribution is 6.31. The maximum atomic E-state index is 13.8. The molecule has 0 heterocycles. The van der Waals surface area contributed by atoms with Crippen LogP contribution in [0.3, 0.4) is 0 Å². The Bertz CT molecular complexity index is 1080. The number of nitriles is 1. The minimum absolute atomic E-state index is 0.0240. The maximum Gasteiger partial charge on any atom is 0.261 e. The molecule has 0 spiro atoms. The van der Waals surface area contributed by atoms with E-state index in [1.165, 1.54) is 18.3 Å². The van der Waals surface area contributed by atoms with Crippen molar-refractivity contribution in [2.24, 2.45) is 5.10 Å². The molecule has 0 unspecified atom stereocenters. The van der Waals surface area contributed by atoms with Crippen LogP contribution in [0.15, 0.2) is 77.9 Å². The summed E-state index contributed by atoms with van der Waals surface area (Å²) in [5, 5.41) is 13.5. The predicted molar refractivity (Wildman–Crippen MR) is 113 cm³/mol. The third kappa shape index (κ3) is 5.43. The minimum Gasteiger partial charge on any atom is -0.489 e. The highest BCUT2D eigenvalue weighted by Gasteiger charge is 2.19. The van der Waals surface area contributed by atoms with Crippen molar-refractivity contribution in [3.05, 3.63) is 100 Å². The second-order valence-electron chi connectivity index (χ2n) is 6.27. The Morgan fingerprint density at radius 1 is 1.17 bits per heavy atom. The van der Waals surface area contributed by atoms with Crippen LogP contribution in [0.5, 0.6) is 5.75 Å². The average Bonchev–Trinajstić information content (AvgIpc) is 2.75. The van der Waals surface area contributed by atoms with E-state index < -0.39 is 17.6 Å². The molecule has 0 fully saturated rings. The van der Waals surface area contributed by atoms with Gasteiger partial charge in [-0.25, -0.2) is 9.82 Å². The highest BCUT2D eigenvalue weighted by Crippen LogP contribution is 2.22. The number of rotatable bonds is 7. The summed E-state index contributed by atoms with van der Waals surface area (Å²) < 4.78 is 19.5. The molecule has 0 bridgehead atoms. The zero-order valence-electron chi connectivity index (χ0n) is 15.8. The second kappa shape index (κ2) is 10.2. The van der Waals surface area contributed by atoms with Gasteiger partial charge in [-0.15, -0.1) is 0 Å². The van der Waals surface area contributed by atoms with E-state index in [0.29, 0.717) is 21.9 Å². The van der Waals surface area contributed by atoms with Gasteiger partial charge in [-0.3, -0.25) is 4.79 Å². The van der Waals surface area contributed by atoms with Crippen molar-refractivity contribution in [2.75, 3.05) is 0 Å². The van der Waals surface area contributed by atoms with E-state index in [4.69, 9.17) is 16.3 Å². The Morgan fingerprint density at radius 3 is 2.67 bits per heavy atom. The van der Waals surface area contributed by atoms with Crippen LogP contribution < -0.4 is 10.2 Å². The molecule has 150 valence electrons. The second-order valence-corrected chi connectivity index (χ2v) is 6.68. The molecule has 0 saturated carbocycles. The van der Waals surface area contributed by atoms with Crippen molar-refractivity contribution in [3.63, 3.8) is 0 Å². The van der Waals surface area contributed by atoms with E-state index in [-0.39, 0.29) is 12.2 Å². The van der Waals surface area contributed by atoms with Crippen LogP contribution in [0.25, 0.3) is 0 Å². The lowest BCUT2D eigenvalue weighted by molar-refractivity contribution is -0.121. The highest BCUT2D eigenvalue weighted by atomic mass is 35.5. The number of nitrogens with one attached hydrogen (secondary N) is 1. The van der Waals surface area contributed by atoms with Crippen LogP contribution in [0.2, 0.25) is 5.02 Å². The molecule has 3 rings (SSSR count). The number of hydrogen-bond donors (Lipinski definition) is 1. The number of nitrogens with zero attached hydrogens (tertiary/aromatic N) is 2. The number of halogens is 2. The smallest absolute Gasteiger partial charge is 0.261 e. The zero-order chi connectivity index (χ0) is 21.3. The summed E-state index contributed by atoms with van der Waals surface area (Å²) in [5.74, 6) is -1.43. The lowest BCUT2D eigenvalue weighted by atomic mass is 10.0. The standard InChI is InChI=1S/C23H17ClFN3O2/c24-21-10-5-11-22(25)20(21)15-30-18-9-4-6-16(12-18)14-27-28-23(29)19(13-26)17-7-2-1-3-8-17/h1-12,14,19H,15H2,(H,28,29)/b27-14-/t19-/m0/s1. The Labute approximate surface area is 178 Å². The van der Waals surface area contributed by atoms with Gasteiger partial charge in [0.15, 0.2) is 5.92 Å². The van der Waals surface area contributed by atoms with Crippen LogP contribution in [0.1, 0.15) is 22.6 Å². The molecule has 5 nitrogen and oxygen atoms in total. The largest absolute Gasteiger partial charge is 0.489 e. The van der Waals surface area contributed by atoms with Crippen LogP contribution in [-0.2, 0) is 11.4 Å². The average molecular weight is 422 g/mol. The fraction of sp³-hybridized carbons (Fsp3) is 0.0870. The Morgan fingerprint density at radius 2 is 1.93 bits per heavy atom. The molecule has 0 aliphatic carbocycles.